The summed E-state index contributed by atoms with van der Waals surface area (Å²) >= 11 is 0. The van der Waals surface area contributed by atoms with Crippen LogP contribution >= 0.6 is 0 Å². The van der Waals surface area contributed by atoms with E-state index in [-0.39, 0.29) is 11.6 Å². The maximum atomic E-state index is 13.1. The standard InChI is InChI=1S/C23H29N5O2/c1-23(2,3)25-19-6-5-10-24-21(19)26-12-14-27(15-13-26)22(29)28-11-9-17-16-18(30-4)7-8-20(17)28/h5-11,16,25H,12-15H2,1-4H3. The van der Waals surface area contributed by atoms with E-state index in [1.165, 1.54) is 0 Å². The van der Waals surface area contributed by atoms with Crippen molar-refractivity contribution >= 4 is 28.4 Å². The van der Waals surface area contributed by atoms with Gasteiger partial charge in [0.25, 0.3) is 0 Å². The summed E-state index contributed by atoms with van der Waals surface area (Å²) in [6.45, 7) is 9.20. The average Bonchev–Trinajstić information content (AvgIpc) is 3.16. The molecule has 158 valence electrons. The van der Waals surface area contributed by atoms with Crippen molar-refractivity contribution in [3.05, 3.63) is 48.8 Å². The van der Waals surface area contributed by atoms with Gasteiger partial charge in [0.15, 0.2) is 5.82 Å². The van der Waals surface area contributed by atoms with Crippen molar-refractivity contribution < 1.29 is 9.53 Å². The van der Waals surface area contributed by atoms with Crippen LogP contribution < -0.4 is 15.0 Å². The smallest absolute Gasteiger partial charge is 0.328 e. The molecule has 7 heteroatoms. The summed E-state index contributed by atoms with van der Waals surface area (Å²) in [5, 5.41) is 4.53. The Morgan fingerprint density at radius 3 is 2.57 bits per heavy atom. The molecule has 1 aliphatic rings. The minimum absolute atomic E-state index is 0.00359. The third kappa shape index (κ3) is 4.06. The highest BCUT2D eigenvalue weighted by Crippen LogP contribution is 2.27. The number of nitrogens with one attached hydrogen (secondary N) is 1. The van der Waals surface area contributed by atoms with Crippen LogP contribution in [0.15, 0.2) is 48.8 Å². The maximum Gasteiger partial charge on any atom is 0.328 e. The van der Waals surface area contributed by atoms with Gasteiger partial charge in [-0.25, -0.2) is 9.78 Å². The van der Waals surface area contributed by atoms with E-state index >= 15 is 0 Å². The molecule has 3 aromatic rings. The second kappa shape index (κ2) is 7.89. The Labute approximate surface area is 177 Å². The molecule has 1 N–H and O–H groups in total. The van der Waals surface area contributed by atoms with Crippen LogP contribution in [0.1, 0.15) is 20.8 Å². The topological polar surface area (TPSA) is 62.6 Å². The van der Waals surface area contributed by atoms with Crippen molar-refractivity contribution in [2.45, 2.75) is 26.3 Å². The molecule has 0 radical (unpaired) electrons. The fourth-order valence-electron chi connectivity index (χ4n) is 3.83. The number of carbonyl (C=O) groups excluding carboxylic acids is 1. The number of hydrogen-bond acceptors (Lipinski definition) is 5. The molecular weight excluding hydrogens is 378 g/mol. The highest BCUT2D eigenvalue weighted by molar-refractivity contribution is 5.92. The number of pyridine rings is 1. The number of methoxy groups -OCH3 is 1. The number of fused-ring (bicyclic) bond motifs is 1. The van der Waals surface area contributed by atoms with Gasteiger partial charge < -0.3 is 19.9 Å². The van der Waals surface area contributed by atoms with E-state index in [9.17, 15) is 4.79 Å². The molecule has 0 atom stereocenters. The quantitative estimate of drug-likeness (QED) is 0.710. The monoisotopic (exact) mass is 407 g/mol. The minimum atomic E-state index is -0.0479. The largest absolute Gasteiger partial charge is 0.497 e. The third-order valence-electron chi connectivity index (χ3n) is 5.25. The van der Waals surface area contributed by atoms with Gasteiger partial charge in [-0.2, -0.15) is 0 Å². The van der Waals surface area contributed by atoms with Crippen molar-refractivity contribution in [3.8, 4) is 5.75 Å². The van der Waals surface area contributed by atoms with Gasteiger partial charge in [0.2, 0.25) is 0 Å². The number of benzene rings is 1. The summed E-state index contributed by atoms with van der Waals surface area (Å²) < 4.78 is 7.00. The number of amides is 1. The summed E-state index contributed by atoms with van der Waals surface area (Å²) in [6, 6.07) is 11.7. The summed E-state index contributed by atoms with van der Waals surface area (Å²) in [7, 11) is 1.65. The first-order valence-electron chi connectivity index (χ1n) is 10.3. The number of piperazine rings is 1. The fraction of sp³-hybridized carbons (Fsp3) is 0.391. The number of aromatic nitrogens is 2. The van der Waals surface area contributed by atoms with Crippen LogP contribution in [0.25, 0.3) is 10.9 Å². The third-order valence-corrected chi connectivity index (χ3v) is 5.25. The van der Waals surface area contributed by atoms with E-state index in [0.29, 0.717) is 13.1 Å². The molecule has 0 bridgehead atoms. The SMILES string of the molecule is COc1ccc2c(ccn2C(=O)N2CCN(c3ncccc3NC(C)(C)C)CC2)c1. The second-order valence-electron chi connectivity index (χ2n) is 8.62. The van der Waals surface area contributed by atoms with Crippen molar-refractivity contribution in [2.24, 2.45) is 0 Å². The Kier molecular flexibility index (Phi) is 5.28. The Morgan fingerprint density at radius 1 is 1.10 bits per heavy atom. The number of anilines is 2. The normalized spacial score (nSPS) is 14.8. The molecule has 7 nitrogen and oxygen atoms in total. The van der Waals surface area contributed by atoms with Gasteiger partial charge in [0.1, 0.15) is 5.75 Å². The highest BCUT2D eigenvalue weighted by Gasteiger charge is 2.25. The second-order valence-corrected chi connectivity index (χ2v) is 8.62. The molecule has 4 rings (SSSR count). The molecule has 0 aliphatic carbocycles. The Hall–Kier alpha value is -3.22. The number of ether oxygens (including phenoxy) is 1. The summed E-state index contributed by atoms with van der Waals surface area (Å²) in [4.78, 5) is 21.9. The Morgan fingerprint density at radius 2 is 1.87 bits per heavy atom. The number of rotatable bonds is 3. The Balaban J connectivity index is 1.47. The summed E-state index contributed by atoms with van der Waals surface area (Å²) in [5.74, 6) is 1.73. The van der Waals surface area contributed by atoms with E-state index < -0.39 is 0 Å². The van der Waals surface area contributed by atoms with Gasteiger partial charge in [0, 0.05) is 49.5 Å². The van der Waals surface area contributed by atoms with Crippen LogP contribution in [-0.4, -0.2) is 59.3 Å². The van der Waals surface area contributed by atoms with Crippen LogP contribution in [-0.2, 0) is 0 Å². The lowest BCUT2D eigenvalue weighted by Gasteiger charge is -2.37. The Bertz CT molecular complexity index is 1050. The van der Waals surface area contributed by atoms with Crippen LogP contribution in [0, 0.1) is 0 Å². The molecule has 1 aromatic carbocycles. The molecule has 1 fully saturated rings. The molecule has 3 heterocycles. The molecule has 2 aromatic heterocycles. The van der Waals surface area contributed by atoms with Gasteiger partial charge in [0.05, 0.1) is 18.3 Å². The van der Waals surface area contributed by atoms with E-state index in [1.807, 2.05) is 47.6 Å². The lowest BCUT2D eigenvalue weighted by molar-refractivity contribution is 0.197. The number of nitrogens with zero attached hydrogens (tertiary/aromatic N) is 4. The van der Waals surface area contributed by atoms with Crippen molar-refractivity contribution in [1.29, 1.82) is 0 Å². The molecule has 0 unspecified atom stereocenters. The van der Waals surface area contributed by atoms with Crippen LogP contribution in [0.5, 0.6) is 5.75 Å². The van der Waals surface area contributed by atoms with Gasteiger partial charge in [-0.1, -0.05) is 0 Å². The molecule has 1 amide bonds. The minimum Gasteiger partial charge on any atom is -0.497 e. The first kappa shape index (κ1) is 20.1. The van der Waals surface area contributed by atoms with E-state index in [4.69, 9.17) is 4.74 Å². The average molecular weight is 408 g/mol. The van der Waals surface area contributed by atoms with Crippen molar-refractivity contribution in [3.63, 3.8) is 0 Å². The molecule has 0 spiro atoms. The highest BCUT2D eigenvalue weighted by atomic mass is 16.5. The van der Waals surface area contributed by atoms with Crippen LogP contribution in [0.4, 0.5) is 16.3 Å². The maximum absolute atomic E-state index is 13.1. The predicted octanol–water partition coefficient (Wildman–Crippen LogP) is 4.05. The first-order valence-corrected chi connectivity index (χ1v) is 10.3. The van der Waals surface area contributed by atoms with Crippen molar-refractivity contribution in [1.82, 2.24) is 14.5 Å². The summed E-state index contributed by atoms with van der Waals surface area (Å²) in [6.07, 6.45) is 3.66. The van der Waals surface area contributed by atoms with Gasteiger partial charge in [-0.15, -0.1) is 0 Å². The lowest BCUT2D eigenvalue weighted by atomic mass is 10.1. The number of hydrogen-bond donors (Lipinski definition) is 1. The fourth-order valence-corrected chi connectivity index (χ4v) is 3.83. The van der Waals surface area contributed by atoms with Gasteiger partial charge >= 0.3 is 6.03 Å². The zero-order valence-electron chi connectivity index (χ0n) is 18.1. The van der Waals surface area contributed by atoms with Crippen LogP contribution in [0.2, 0.25) is 0 Å². The number of carbonyl (C=O) groups is 1. The van der Waals surface area contributed by atoms with E-state index in [0.717, 1.165) is 41.2 Å². The molecule has 1 aliphatic heterocycles. The van der Waals surface area contributed by atoms with Gasteiger partial charge in [-0.3, -0.25) is 4.57 Å². The van der Waals surface area contributed by atoms with Gasteiger partial charge in [-0.05, 0) is 57.2 Å². The molecular formula is C23H29N5O2. The summed E-state index contributed by atoms with van der Waals surface area (Å²) in [5.41, 5.74) is 1.87. The van der Waals surface area contributed by atoms with Crippen molar-refractivity contribution in [2.75, 3.05) is 43.5 Å². The first-order chi connectivity index (χ1) is 14.4. The zero-order valence-corrected chi connectivity index (χ0v) is 18.1. The van der Waals surface area contributed by atoms with E-state index in [1.54, 1.807) is 11.7 Å². The zero-order chi connectivity index (χ0) is 21.3. The predicted molar refractivity (Wildman–Crippen MR) is 121 cm³/mol. The lowest BCUT2D eigenvalue weighted by Crippen LogP contribution is -2.50. The molecule has 0 saturated carbocycles. The van der Waals surface area contributed by atoms with Crippen LogP contribution in [0.3, 0.4) is 0 Å². The molecule has 30 heavy (non-hydrogen) atoms. The van der Waals surface area contributed by atoms with E-state index in [2.05, 4.69) is 42.0 Å². The molecule has 1 saturated heterocycles.